The van der Waals surface area contributed by atoms with Gasteiger partial charge in [0, 0.05) is 30.8 Å². The van der Waals surface area contributed by atoms with Crippen molar-refractivity contribution in [3.05, 3.63) is 72.4 Å². The second-order valence-electron chi connectivity index (χ2n) is 10.7. The molecule has 0 saturated carbocycles. The molecule has 1 unspecified atom stereocenters. The van der Waals surface area contributed by atoms with Gasteiger partial charge in [-0.2, -0.15) is 5.10 Å². The number of piperidine rings is 1. The fraction of sp³-hybridized carbons (Fsp3) is 0.300. The number of carbonyl (C=O) groups is 1. The number of imidazole rings is 1. The van der Waals surface area contributed by atoms with Crippen LogP contribution in [0.3, 0.4) is 0 Å². The van der Waals surface area contributed by atoms with Crippen LogP contribution in [0.2, 0.25) is 5.02 Å². The zero-order valence-corrected chi connectivity index (χ0v) is 23.0. The van der Waals surface area contributed by atoms with Gasteiger partial charge in [0.25, 0.3) is 0 Å². The summed E-state index contributed by atoms with van der Waals surface area (Å²) >= 11 is 6.75. The molecule has 0 radical (unpaired) electrons. The van der Waals surface area contributed by atoms with Crippen LogP contribution in [-0.4, -0.2) is 52.2 Å². The summed E-state index contributed by atoms with van der Waals surface area (Å²) in [5.74, 6) is 1.23. The molecule has 3 aromatic heterocycles. The Hall–Kier alpha value is -4.24. The number of amides is 1. The number of aryl methyl sites for hydroxylation is 2. The molecule has 5 aromatic rings. The zero-order chi connectivity index (χ0) is 27.5. The minimum atomic E-state index is 0.0204. The molecule has 9 nitrogen and oxygen atoms in total. The molecule has 0 N–H and O–H groups in total. The van der Waals surface area contributed by atoms with Gasteiger partial charge in [-0.25, -0.2) is 19.6 Å². The molecule has 2 aromatic carbocycles. The van der Waals surface area contributed by atoms with E-state index in [1.54, 1.807) is 12.7 Å². The van der Waals surface area contributed by atoms with Crippen LogP contribution in [0.4, 0.5) is 0 Å². The molecule has 7 rings (SSSR count). The lowest BCUT2D eigenvalue weighted by molar-refractivity contribution is -0.130. The molecule has 2 aliphatic heterocycles. The van der Waals surface area contributed by atoms with Crippen LogP contribution in [0.1, 0.15) is 37.4 Å². The third-order valence-electron chi connectivity index (χ3n) is 8.29. The molecule has 202 valence electrons. The van der Waals surface area contributed by atoms with Gasteiger partial charge in [-0.3, -0.25) is 4.79 Å². The van der Waals surface area contributed by atoms with E-state index in [4.69, 9.17) is 21.4 Å². The predicted molar refractivity (Wildman–Crippen MR) is 153 cm³/mol. The van der Waals surface area contributed by atoms with Crippen LogP contribution in [0, 0.1) is 6.92 Å². The third kappa shape index (κ3) is 3.95. The van der Waals surface area contributed by atoms with Gasteiger partial charge in [-0.05, 0) is 69.0 Å². The molecule has 0 spiro atoms. The first-order chi connectivity index (χ1) is 19.4. The van der Waals surface area contributed by atoms with Gasteiger partial charge in [0.1, 0.15) is 23.5 Å². The van der Waals surface area contributed by atoms with Crippen molar-refractivity contribution in [2.24, 2.45) is 7.05 Å². The van der Waals surface area contributed by atoms with E-state index in [1.807, 2.05) is 64.5 Å². The molecule has 2 saturated heterocycles. The van der Waals surface area contributed by atoms with Gasteiger partial charge in [-0.1, -0.05) is 18.2 Å². The normalized spacial score (nSPS) is 20.4. The van der Waals surface area contributed by atoms with Crippen molar-refractivity contribution < 1.29 is 9.53 Å². The van der Waals surface area contributed by atoms with E-state index in [9.17, 15) is 4.79 Å². The van der Waals surface area contributed by atoms with Gasteiger partial charge >= 0.3 is 0 Å². The number of carbonyl (C=O) groups excluding carboxylic acids is 1. The number of fused-ring (bicyclic) bond motifs is 4. The fourth-order valence-corrected chi connectivity index (χ4v) is 6.64. The Bertz CT molecular complexity index is 1800. The van der Waals surface area contributed by atoms with E-state index >= 15 is 0 Å². The number of hydrogen-bond donors (Lipinski definition) is 0. The first-order valence-electron chi connectivity index (χ1n) is 13.4. The summed E-state index contributed by atoms with van der Waals surface area (Å²) in [7, 11) is 1.96. The highest BCUT2D eigenvalue weighted by atomic mass is 35.5. The Kier molecular flexibility index (Phi) is 5.85. The highest BCUT2D eigenvalue weighted by Gasteiger charge is 2.43. The molecular weight excluding hydrogens is 526 g/mol. The van der Waals surface area contributed by atoms with E-state index in [0.29, 0.717) is 16.5 Å². The van der Waals surface area contributed by atoms with Gasteiger partial charge in [0.15, 0.2) is 5.65 Å². The summed E-state index contributed by atoms with van der Waals surface area (Å²) in [5.41, 5.74) is 5.19. The lowest BCUT2D eigenvalue weighted by atomic mass is 9.97. The van der Waals surface area contributed by atoms with Crippen molar-refractivity contribution in [2.45, 2.75) is 50.7 Å². The van der Waals surface area contributed by atoms with Crippen LogP contribution in [0.5, 0.6) is 11.5 Å². The maximum atomic E-state index is 12.5. The number of benzene rings is 2. The first-order valence-corrected chi connectivity index (χ1v) is 13.8. The third-order valence-corrected chi connectivity index (χ3v) is 8.59. The lowest BCUT2D eigenvalue weighted by Crippen LogP contribution is -2.46. The molecule has 40 heavy (non-hydrogen) atoms. The number of nitrogens with zero attached hydrogens (tertiary/aromatic N) is 7. The van der Waals surface area contributed by atoms with Crippen molar-refractivity contribution in [3.8, 4) is 22.8 Å². The van der Waals surface area contributed by atoms with Crippen molar-refractivity contribution >= 4 is 39.6 Å². The molecule has 2 aliphatic rings. The number of halogens is 1. The molecule has 5 heterocycles. The van der Waals surface area contributed by atoms with E-state index in [1.165, 1.54) is 6.08 Å². The fourth-order valence-electron chi connectivity index (χ4n) is 6.42. The number of ether oxygens (including phenoxy) is 1. The van der Waals surface area contributed by atoms with Crippen LogP contribution in [-0.2, 0) is 11.8 Å². The maximum absolute atomic E-state index is 12.5. The minimum Gasteiger partial charge on any atom is -0.456 e. The largest absolute Gasteiger partial charge is 0.456 e. The second kappa shape index (κ2) is 9.45. The minimum absolute atomic E-state index is 0.0204. The average molecular weight is 554 g/mol. The number of aromatic nitrogens is 6. The van der Waals surface area contributed by atoms with Crippen molar-refractivity contribution in [3.63, 3.8) is 0 Å². The van der Waals surface area contributed by atoms with Crippen molar-refractivity contribution in [2.75, 3.05) is 0 Å². The lowest BCUT2D eigenvalue weighted by Gasteiger charge is -2.38. The summed E-state index contributed by atoms with van der Waals surface area (Å²) in [5, 5.41) is 6.49. The predicted octanol–water partition coefficient (Wildman–Crippen LogP) is 6.01. The van der Waals surface area contributed by atoms with Gasteiger partial charge in [0.2, 0.25) is 5.91 Å². The summed E-state index contributed by atoms with van der Waals surface area (Å²) in [4.78, 5) is 28.0. The topological polar surface area (TPSA) is 91.0 Å². The Morgan fingerprint density at radius 3 is 2.62 bits per heavy atom. The molecule has 1 amide bonds. The highest BCUT2D eigenvalue weighted by molar-refractivity contribution is 6.32. The Labute approximate surface area is 236 Å². The van der Waals surface area contributed by atoms with Crippen LogP contribution in [0.25, 0.3) is 33.3 Å². The second-order valence-corrected chi connectivity index (χ2v) is 11.1. The van der Waals surface area contributed by atoms with E-state index in [-0.39, 0.29) is 24.0 Å². The monoisotopic (exact) mass is 553 g/mol. The van der Waals surface area contributed by atoms with Crippen LogP contribution in [0.15, 0.2) is 61.7 Å². The average Bonchev–Trinajstić information content (AvgIpc) is 3.61. The van der Waals surface area contributed by atoms with Gasteiger partial charge in [-0.15, -0.1) is 0 Å². The van der Waals surface area contributed by atoms with Crippen LogP contribution < -0.4 is 4.74 Å². The summed E-state index contributed by atoms with van der Waals surface area (Å²) in [6, 6.07) is 12.0. The molecule has 10 heteroatoms. The van der Waals surface area contributed by atoms with Crippen molar-refractivity contribution in [1.29, 1.82) is 0 Å². The van der Waals surface area contributed by atoms with E-state index in [2.05, 4.69) is 21.5 Å². The zero-order valence-electron chi connectivity index (χ0n) is 22.3. The van der Waals surface area contributed by atoms with Gasteiger partial charge in [0.05, 0.1) is 39.5 Å². The molecular formula is C30H28ClN7O2. The van der Waals surface area contributed by atoms with Crippen molar-refractivity contribution in [1.82, 2.24) is 34.2 Å². The van der Waals surface area contributed by atoms with Gasteiger partial charge < -0.3 is 14.2 Å². The maximum Gasteiger partial charge on any atom is 0.246 e. The summed E-state index contributed by atoms with van der Waals surface area (Å²) < 4.78 is 10.1. The molecule has 2 bridgehead atoms. The van der Waals surface area contributed by atoms with E-state index in [0.717, 1.165) is 64.7 Å². The van der Waals surface area contributed by atoms with Crippen LogP contribution >= 0.6 is 11.6 Å². The standard InChI is InChI=1S/C30H28ClN7O2/c1-4-27(39)37-19-6-7-20(37)13-21(12-19)38-30-28(17(2)32-15-33-30)29(35-38)18-5-10-26(23(31)11-18)40-22-8-9-25-24(14-22)34-16-36(25)3/h4-5,8-11,14-16,19-21H,1,6-7,12-13H2,2-3H3/t19-,20+,21?. The molecule has 2 fully saturated rings. The number of hydrogen-bond acceptors (Lipinski definition) is 6. The number of rotatable bonds is 5. The summed E-state index contributed by atoms with van der Waals surface area (Å²) in [6.45, 7) is 5.67. The first kappa shape index (κ1) is 24.8. The van der Waals surface area contributed by atoms with E-state index < -0.39 is 0 Å². The Morgan fingerprint density at radius 2 is 1.88 bits per heavy atom. The quantitative estimate of drug-likeness (QED) is 0.247. The molecule has 3 atom stereocenters. The molecule has 0 aliphatic carbocycles. The SMILES string of the molecule is C=CC(=O)N1[C@@H]2CC[C@H]1CC(n1nc(-c3ccc(Oc4ccc5c(c4)ncn5C)c(Cl)c3)c3c(C)ncnc31)C2. The summed E-state index contributed by atoms with van der Waals surface area (Å²) in [6.07, 6.45) is 8.48. The Morgan fingerprint density at radius 1 is 1.07 bits per heavy atom. The highest BCUT2D eigenvalue weighted by Crippen LogP contribution is 2.43. The smallest absolute Gasteiger partial charge is 0.246 e. The Balaban J connectivity index is 1.22.